The molecule has 1 aliphatic rings. The van der Waals surface area contributed by atoms with Gasteiger partial charge in [0.25, 0.3) is 0 Å². The van der Waals surface area contributed by atoms with E-state index < -0.39 is 0 Å². The van der Waals surface area contributed by atoms with Crippen molar-refractivity contribution in [3.8, 4) is 18.1 Å². The van der Waals surface area contributed by atoms with Gasteiger partial charge < -0.3 is 4.74 Å². The Morgan fingerprint density at radius 3 is 2.33 bits per heavy atom. The molecule has 0 N–H and O–H groups in total. The van der Waals surface area contributed by atoms with Crippen molar-refractivity contribution in [3.63, 3.8) is 0 Å². The summed E-state index contributed by atoms with van der Waals surface area (Å²) in [7, 11) is 0. The minimum absolute atomic E-state index is 0.348. The fourth-order valence-corrected chi connectivity index (χ4v) is 2.11. The summed E-state index contributed by atoms with van der Waals surface area (Å²) in [6, 6.07) is 9.86. The van der Waals surface area contributed by atoms with Crippen LogP contribution in [0.5, 0.6) is 5.75 Å². The van der Waals surface area contributed by atoms with Crippen molar-refractivity contribution in [2.45, 2.75) is 37.7 Å². The molecule has 78 valence electrons. The van der Waals surface area contributed by atoms with Crippen LogP contribution in [-0.4, -0.2) is 5.60 Å². The van der Waals surface area contributed by atoms with Gasteiger partial charge in [-0.1, -0.05) is 30.5 Å². The first-order valence-corrected chi connectivity index (χ1v) is 5.56. The van der Waals surface area contributed by atoms with Crippen molar-refractivity contribution in [3.05, 3.63) is 30.3 Å². The van der Waals surface area contributed by atoms with Crippen molar-refractivity contribution in [1.29, 1.82) is 0 Å². The largest absolute Gasteiger partial charge is 0.475 e. The second-order valence-corrected chi connectivity index (χ2v) is 4.11. The molecule has 0 saturated heterocycles. The van der Waals surface area contributed by atoms with Crippen molar-refractivity contribution in [2.24, 2.45) is 0 Å². The summed E-state index contributed by atoms with van der Waals surface area (Å²) < 4.78 is 5.96. The molecule has 2 rings (SSSR count). The first kappa shape index (κ1) is 10.1. The zero-order chi connectivity index (χ0) is 10.6. The maximum atomic E-state index is 5.96. The summed E-state index contributed by atoms with van der Waals surface area (Å²) in [5.74, 6) is 3.73. The van der Waals surface area contributed by atoms with Gasteiger partial charge in [0.1, 0.15) is 5.75 Å². The second-order valence-electron chi connectivity index (χ2n) is 4.11. The standard InChI is InChI=1S/C14H16O/c1-2-14(11-7-4-8-12-14)15-13-9-5-3-6-10-13/h1,3,5-6,9-10H,4,7-8,11-12H2. The van der Waals surface area contributed by atoms with Gasteiger partial charge in [0.05, 0.1) is 0 Å². The highest BCUT2D eigenvalue weighted by Crippen LogP contribution is 2.32. The average Bonchev–Trinajstić information content (AvgIpc) is 2.32. The topological polar surface area (TPSA) is 9.23 Å². The van der Waals surface area contributed by atoms with Crippen molar-refractivity contribution in [2.75, 3.05) is 0 Å². The minimum atomic E-state index is -0.348. The van der Waals surface area contributed by atoms with Crippen molar-refractivity contribution >= 4 is 0 Å². The monoisotopic (exact) mass is 200 g/mol. The lowest BCUT2D eigenvalue weighted by Crippen LogP contribution is -2.36. The van der Waals surface area contributed by atoms with Gasteiger partial charge >= 0.3 is 0 Å². The third-order valence-electron chi connectivity index (χ3n) is 2.98. The molecular weight excluding hydrogens is 184 g/mol. The number of rotatable bonds is 2. The Morgan fingerprint density at radius 2 is 1.73 bits per heavy atom. The van der Waals surface area contributed by atoms with Crippen LogP contribution in [0.15, 0.2) is 30.3 Å². The average molecular weight is 200 g/mol. The Balaban J connectivity index is 2.12. The fraction of sp³-hybridized carbons (Fsp3) is 0.429. The highest BCUT2D eigenvalue weighted by Gasteiger charge is 2.31. The van der Waals surface area contributed by atoms with Crippen LogP contribution in [0.1, 0.15) is 32.1 Å². The number of hydrogen-bond acceptors (Lipinski definition) is 1. The molecule has 0 atom stereocenters. The van der Waals surface area contributed by atoms with Crippen LogP contribution >= 0.6 is 0 Å². The first-order valence-electron chi connectivity index (χ1n) is 5.56. The van der Waals surface area contributed by atoms with E-state index >= 15 is 0 Å². The summed E-state index contributed by atoms with van der Waals surface area (Å²) >= 11 is 0. The second kappa shape index (κ2) is 4.40. The van der Waals surface area contributed by atoms with Crippen LogP contribution in [0.4, 0.5) is 0 Å². The van der Waals surface area contributed by atoms with E-state index in [1.165, 1.54) is 19.3 Å². The fourth-order valence-electron chi connectivity index (χ4n) is 2.11. The van der Waals surface area contributed by atoms with Gasteiger partial charge in [-0.15, -0.1) is 6.42 Å². The molecule has 0 spiro atoms. The third-order valence-corrected chi connectivity index (χ3v) is 2.98. The molecule has 0 aromatic heterocycles. The molecule has 0 aliphatic heterocycles. The van der Waals surface area contributed by atoms with E-state index in [0.717, 1.165) is 18.6 Å². The van der Waals surface area contributed by atoms with Crippen LogP contribution in [-0.2, 0) is 0 Å². The zero-order valence-electron chi connectivity index (χ0n) is 8.91. The van der Waals surface area contributed by atoms with E-state index in [0.29, 0.717) is 0 Å². The summed E-state index contributed by atoms with van der Waals surface area (Å²) in [5, 5.41) is 0. The van der Waals surface area contributed by atoms with Gasteiger partial charge in [0, 0.05) is 0 Å². The molecule has 1 fully saturated rings. The smallest absolute Gasteiger partial charge is 0.168 e. The summed E-state index contributed by atoms with van der Waals surface area (Å²) in [6.07, 6.45) is 11.2. The van der Waals surface area contributed by atoms with Crippen LogP contribution in [0.2, 0.25) is 0 Å². The lowest BCUT2D eigenvalue weighted by atomic mass is 9.85. The van der Waals surface area contributed by atoms with E-state index in [1.54, 1.807) is 0 Å². The van der Waals surface area contributed by atoms with Crippen LogP contribution in [0, 0.1) is 12.3 Å². The molecule has 0 radical (unpaired) electrons. The van der Waals surface area contributed by atoms with Gasteiger partial charge in [-0.25, -0.2) is 0 Å². The first-order chi connectivity index (χ1) is 7.35. The molecule has 1 saturated carbocycles. The summed E-state index contributed by atoms with van der Waals surface area (Å²) in [6.45, 7) is 0. The molecule has 1 aromatic rings. The third kappa shape index (κ3) is 2.33. The number of terminal acetylenes is 1. The molecule has 1 aromatic carbocycles. The van der Waals surface area contributed by atoms with Crippen molar-refractivity contribution < 1.29 is 4.74 Å². The Bertz CT molecular complexity index is 341. The number of hydrogen-bond donors (Lipinski definition) is 0. The lowest BCUT2D eigenvalue weighted by molar-refractivity contribution is 0.0873. The Kier molecular flexibility index (Phi) is 2.97. The molecule has 0 bridgehead atoms. The van der Waals surface area contributed by atoms with Gasteiger partial charge in [0.2, 0.25) is 0 Å². The predicted molar refractivity (Wildman–Crippen MR) is 61.7 cm³/mol. The molecule has 15 heavy (non-hydrogen) atoms. The molecule has 0 unspecified atom stereocenters. The number of para-hydroxylation sites is 1. The maximum Gasteiger partial charge on any atom is 0.168 e. The van der Waals surface area contributed by atoms with E-state index in [2.05, 4.69) is 5.92 Å². The van der Waals surface area contributed by atoms with E-state index in [1.807, 2.05) is 30.3 Å². The van der Waals surface area contributed by atoms with E-state index in [4.69, 9.17) is 11.2 Å². The predicted octanol–water partition coefficient (Wildman–Crippen LogP) is 3.40. The van der Waals surface area contributed by atoms with Crippen molar-refractivity contribution in [1.82, 2.24) is 0 Å². The van der Waals surface area contributed by atoms with Crippen LogP contribution < -0.4 is 4.74 Å². The van der Waals surface area contributed by atoms with Gasteiger partial charge in [-0.3, -0.25) is 0 Å². The van der Waals surface area contributed by atoms with E-state index in [9.17, 15) is 0 Å². The molecular formula is C14H16O. The summed E-state index contributed by atoms with van der Waals surface area (Å²) in [4.78, 5) is 0. The quantitative estimate of drug-likeness (QED) is 0.665. The maximum absolute atomic E-state index is 5.96. The summed E-state index contributed by atoms with van der Waals surface area (Å²) in [5.41, 5.74) is -0.348. The normalized spacial score (nSPS) is 19.1. The van der Waals surface area contributed by atoms with Gasteiger partial charge in [0.15, 0.2) is 5.60 Å². The van der Waals surface area contributed by atoms with Gasteiger partial charge in [-0.05, 0) is 37.8 Å². The molecule has 1 heteroatoms. The zero-order valence-corrected chi connectivity index (χ0v) is 8.91. The highest BCUT2D eigenvalue weighted by molar-refractivity contribution is 5.25. The molecule has 1 aliphatic carbocycles. The Hall–Kier alpha value is -1.42. The lowest BCUT2D eigenvalue weighted by Gasteiger charge is -2.33. The number of benzene rings is 1. The van der Waals surface area contributed by atoms with Crippen LogP contribution in [0.3, 0.4) is 0 Å². The minimum Gasteiger partial charge on any atom is -0.475 e. The molecule has 0 amide bonds. The highest BCUT2D eigenvalue weighted by atomic mass is 16.5. The number of ether oxygens (including phenoxy) is 1. The Labute approximate surface area is 91.5 Å². The van der Waals surface area contributed by atoms with Crippen LogP contribution in [0.25, 0.3) is 0 Å². The SMILES string of the molecule is C#CC1(Oc2ccccc2)CCCCC1. The molecule has 0 heterocycles. The van der Waals surface area contributed by atoms with E-state index in [-0.39, 0.29) is 5.60 Å². The van der Waals surface area contributed by atoms with Gasteiger partial charge in [-0.2, -0.15) is 0 Å². The Morgan fingerprint density at radius 1 is 1.07 bits per heavy atom. The molecule has 1 nitrogen and oxygen atoms in total.